The number of hydrogen-bond acceptors (Lipinski definition) is 4. The first-order valence-corrected chi connectivity index (χ1v) is 6.61. The molecule has 0 aliphatic heterocycles. The molecule has 106 valence electrons. The van der Waals surface area contributed by atoms with Gasteiger partial charge >= 0.3 is 5.97 Å². The normalized spacial score (nSPS) is 10.5. The number of aromatic nitrogens is 1. The number of carbonyl (C=O) groups excluding carboxylic acids is 2. The number of ether oxygens (including phenoxy) is 1. The van der Waals surface area contributed by atoms with Gasteiger partial charge in [0, 0.05) is 5.56 Å². The van der Waals surface area contributed by atoms with Gasteiger partial charge < -0.3 is 9.94 Å². The number of hydrogen-bond donors (Lipinski definition) is 1. The topological polar surface area (TPSA) is 68.5 Å². The van der Waals surface area contributed by atoms with E-state index in [1.807, 2.05) is 6.92 Å². The minimum atomic E-state index is -0.621. The van der Waals surface area contributed by atoms with E-state index in [4.69, 9.17) is 0 Å². The second-order valence-corrected chi connectivity index (χ2v) is 4.42. The Morgan fingerprint density at radius 3 is 2.53 bits per heavy atom. The first-order valence-electron chi connectivity index (χ1n) is 6.61. The third kappa shape index (κ3) is 2.97. The van der Waals surface area contributed by atoms with Crippen LogP contribution in [0.4, 0.5) is 0 Å². The summed E-state index contributed by atoms with van der Waals surface area (Å²) in [5.74, 6) is -0.621. The average molecular weight is 267 g/mol. The number of aldehydes is 1. The zero-order valence-corrected chi connectivity index (χ0v) is 11.7. The highest BCUT2D eigenvalue weighted by Gasteiger charge is 2.26. The Bertz CT molecular complexity index is 463. The summed E-state index contributed by atoms with van der Waals surface area (Å²) in [5, 5.41) is 10.1. The molecule has 0 fully saturated rings. The quantitative estimate of drug-likeness (QED) is 0.357. The van der Waals surface area contributed by atoms with Crippen molar-refractivity contribution in [3.05, 3.63) is 22.5 Å². The van der Waals surface area contributed by atoms with Crippen LogP contribution < -0.4 is 0 Å². The largest absolute Gasteiger partial charge is 0.464 e. The monoisotopic (exact) mass is 267 g/mol. The lowest BCUT2D eigenvalue weighted by atomic mass is 10.0. The Balaban J connectivity index is 3.25. The van der Waals surface area contributed by atoms with Gasteiger partial charge in [0.15, 0.2) is 12.0 Å². The fourth-order valence-electron chi connectivity index (χ4n) is 2.27. The van der Waals surface area contributed by atoms with Crippen LogP contribution >= 0.6 is 0 Å². The van der Waals surface area contributed by atoms with E-state index in [2.05, 4.69) is 11.7 Å². The molecular weight excluding hydrogens is 246 g/mol. The Morgan fingerprint density at radius 2 is 2.05 bits per heavy atom. The minimum Gasteiger partial charge on any atom is -0.464 e. The molecule has 1 N–H and O–H groups in total. The van der Waals surface area contributed by atoms with Gasteiger partial charge in [-0.05, 0) is 24.8 Å². The molecular formula is C14H21NO4. The van der Waals surface area contributed by atoms with Gasteiger partial charge in [0.25, 0.3) is 0 Å². The number of nitrogens with zero attached hydrogens (tertiary/aromatic N) is 1. The zero-order chi connectivity index (χ0) is 14.4. The second-order valence-electron chi connectivity index (χ2n) is 4.42. The third-order valence-electron chi connectivity index (χ3n) is 3.26. The van der Waals surface area contributed by atoms with Crippen LogP contribution in [0.1, 0.15) is 65.2 Å². The Morgan fingerprint density at radius 1 is 1.37 bits per heavy atom. The van der Waals surface area contributed by atoms with Crippen LogP contribution in [0.15, 0.2) is 0 Å². The lowest BCUT2D eigenvalue weighted by Gasteiger charge is -2.05. The van der Waals surface area contributed by atoms with Crippen LogP contribution in [0.3, 0.4) is 0 Å². The molecule has 5 heteroatoms. The SMILES string of the molecule is CCCCCc1c(C=O)c(CC)c(C(=O)OC)n1O. The molecule has 1 heterocycles. The second kappa shape index (κ2) is 6.97. The summed E-state index contributed by atoms with van der Waals surface area (Å²) in [7, 11) is 1.26. The minimum absolute atomic E-state index is 0.0681. The maximum absolute atomic E-state index is 11.7. The van der Waals surface area contributed by atoms with Crippen molar-refractivity contribution >= 4 is 12.3 Å². The Labute approximate surface area is 113 Å². The van der Waals surface area contributed by atoms with E-state index >= 15 is 0 Å². The van der Waals surface area contributed by atoms with Crippen molar-refractivity contribution < 1.29 is 19.5 Å². The van der Waals surface area contributed by atoms with Gasteiger partial charge in [-0.25, -0.2) is 4.79 Å². The van der Waals surface area contributed by atoms with Crippen molar-refractivity contribution in [2.45, 2.75) is 46.0 Å². The molecule has 0 amide bonds. The molecule has 1 aromatic heterocycles. The van der Waals surface area contributed by atoms with Crippen molar-refractivity contribution in [2.24, 2.45) is 0 Å². The van der Waals surface area contributed by atoms with E-state index in [1.165, 1.54) is 7.11 Å². The summed E-state index contributed by atoms with van der Waals surface area (Å²) in [5.41, 5.74) is 1.54. The van der Waals surface area contributed by atoms with E-state index in [1.54, 1.807) is 0 Å². The van der Waals surface area contributed by atoms with Crippen LogP contribution in [-0.2, 0) is 17.6 Å². The van der Waals surface area contributed by atoms with Crippen molar-refractivity contribution in [3.8, 4) is 0 Å². The Kier molecular flexibility index (Phi) is 5.60. The summed E-state index contributed by atoms with van der Waals surface area (Å²) >= 11 is 0. The molecule has 0 bridgehead atoms. The molecule has 0 spiro atoms. The number of unbranched alkanes of at least 4 members (excludes halogenated alkanes) is 2. The van der Waals surface area contributed by atoms with Crippen LogP contribution in [0.2, 0.25) is 0 Å². The molecule has 5 nitrogen and oxygen atoms in total. The van der Waals surface area contributed by atoms with E-state index in [0.29, 0.717) is 35.9 Å². The van der Waals surface area contributed by atoms with Crippen molar-refractivity contribution in [3.63, 3.8) is 0 Å². The van der Waals surface area contributed by atoms with Gasteiger partial charge in [-0.15, -0.1) is 0 Å². The van der Waals surface area contributed by atoms with Crippen LogP contribution in [0, 0.1) is 0 Å². The van der Waals surface area contributed by atoms with Gasteiger partial charge in [0.2, 0.25) is 0 Å². The smallest absolute Gasteiger partial charge is 0.358 e. The highest BCUT2D eigenvalue weighted by Crippen LogP contribution is 2.24. The predicted molar refractivity (Wildman–Crippen MR) is 71.0 cm³/mol. The lowest BCUT2D eigenvalue weighted by Crippen LogP contribution is -2.12. The predicted octanol–water partition coefficient (Wildman–Crippen LogP) is 2.62. The summed E-state index contributed by atoms with van der Waals surface area (Å²) < 4.78 is 5.49. The first-order chi connectivity index (χ1) is 9.12. The molecule has 19 heavy (non-hydrogen) atoms. The molecule has 0 aliphatic carbocycles. The standard InChI is InChI=1S/C14H21NO4/c1-4-6-7-8-12-11(9-16)10(5-2)13(15(12)18)14(17)19-3/h9,18H,4-8H2,1-3H3. The van der Waals surface area contributed by atoms with Gasteiger partial charge in [0.05, 0.1) is 12.8 Å². The van der Waals surface area contributed by atoms with Gasteiger partial charge in [0.1, 0.15) is 0 Å². The summed E-state index contributed by atoms with van der Waals surface area (Å²) in [6.45, 7) is 3.92. The molecule has 0 saturated carbocycles. The van der Waals surface area contributed by atoms with E-state index in [0.717, 1.165) is 24.0 Å². The third-order valence-corrected chi connectivity index (χ3v) is 3.26. The molecule has 0 radical (unpaired) electrons. The first kappa shape index (κ1) is 15.3. The van der Waals surface area contributed by atoms with E-state index in [9.17, 15) is 14.8 Å². The molecule has 0 atom stereocenters. The van der Waals surface area contributed by atoms with Crippen molar-refractivity contribution in [1.82, 2.24) is 4.73 Å². The van der Waals surface area contributed by atoms with Crippen LogP contribution in [0.25, 0.3) is 0 Å². The van der Waals surface area contributed by atoms with Gasteiger partial charge in [-0.2, -0.15) is 4.73 Å². The summed E-state index contributed by atoms with van der Waals surface area (Å²) in [4.78, 5) is 22.9. The molecule has 0 saturated heterocycles. The highest BCUT2D eigenvalue weighted by molar-refractivity contribution is 5.94. The molecule has 1 aromatic rings. The van der Waals surface area contributed by atoms with Gasteiger partial charge in [-0.3, -0.25) is 4.79 Å². The summed E-state index contributed by atoms with van der Waals surface area (Å²) in [6.07, 6.45) is 4.70. The maximum Gasteiger partial charge on any atom is 0.358 e. The lowest BCUT2D eigenvalue weighted by molar-refractivity contribution is 0.0543. The van der Waals surface area contributed by atoms with Crippen LogP contribution in [-0.4, -0.2) is 29.3 Å². The highest BCUT2D eigenvalue weighted by atomic mass is 16.5. The molecule has 1 rings (SSSR count). The molecule has 0 unspecified atom stereocenters. The fourth-order valence-corrected chi connectivity index (χ4v) is 2.27. The van der Waals surface area contributed by atoms with E-state index < -0.39 is 5.97 Å². The molecule has 0 aromatic carbocycles. The van der Waals surface area contributed by atoms with Crippen LogP contribution in [0.5, 0.6) is 0 Å². The number of rotatable bonds is 7. The van der Waals surface area contributed by atoms with Gasteiger partial charge in [-0.1, -0.05) is 26.7 Å². The number of carbonyl (C=O) groups is 2. The Hall–Kier alpha value is -1.78. The maximum atomic E-state index is 11.7. The van der Waals surface area contributed by atoms with E-state index in [-0.39, 0.29) is 5.69 Å². The van der Waals surface area contributed by atoms with Crippen molar-refractivity contribution in [1.29, 1.82) is 0 Å². The fraction of sp³-hybridized carbons (Fsp3) is 0.571. The average Bonchev–Trinajstić information content (AvgIpc) is 2.70. The van der Waals surface area contributed by atoms with Crippen molar-refractivity contribution in [2.75, 3.05) is 7.11 Å². The number of methoxy groups -OCH3 is 1. The molecule has 0 aliphatic rings. The summed E-state index contributed by atoms with van der Waals surface area (Å²) in [6, 6.07) is 0. The number of esters is 1. The zero-order valence-electron chi connectivity index (χ0n) is 11.7.